The van der Waals surface area contributed by atoms with Crippen LogP contribution in [0.2, 0.25) is 0 Å². The Labute approximate surface area is 574 Å². The summed E-state index contributed by atoms with van der Waals surface area (Å²) in [6, 6.07) is 93.1. The third-order valence-electron chi connectivity index (χ3n) is 17.5. The van der Waals surface area contributed by atoms with Crippen molar-refractivity contribution in [2.45, 2.75) is 52.4 Å². The molecule has 0 radical (unpaired) electrons. The molecular formula is C84H65N6O2PtS2-. The van der Waals surface area contributed by atoms with E-state index in [2.05, 4.69) is 221 Å². The van der Waals surface area contributed by atoms with E-state index in [9.17, 15) is 10.2 Å². The van der Waals surface area contributed by atoms with Gasteiger partial charge in [0.25, 0.3) is 0 Å². The van der Waals surface area contributed by atoms with Crippen LogP contribution in [-0.2, 0) is 31.9 Å². The van der Waals surface area contributed by atoms with Crippen LogP contribution < -0.4 is 0 Å². The van der Waals surface area contributed by atoms with Crippen molar-refractivity contribution in [2.75, 3.05) is 0 Å². The van der Waals surface area contributed by atoms with Crippen molar-refractivity contribution < 1.29 is 31.3 Å². The first kappa shape index (κ1) is 62.1. The summed E-state index contributed by atoms with van der Waals surface area (Å²) in [5.74, 6) is 0.421. The number of rotatable bonds is 10. The van der Waals surface area contributed by atoms with Crippen molar-refractivity contribution in [3.63, 3.8) is 0 Å². The quantitative estimate of drug-likeness (QED) is 0.105. The van der Waals surface area contributed by atoms with Gasteiger partial charge in [-0.25, -0.2) is 9.97 Å². The van der Waals surface area contributed by atoms with Crippen LogP contribution in [0.4, 0.5) is 11.4 Å². The molecule has 0 amide bonds. The van der Waals surface area contributed by atoms with Crippen molar-refractivity contribution in [1.82, 2.24) is 19.1 Å². The van der Waals surface area contributed by atoms with E-state index < -0.39 is 0 Å². The molecule has 0 bridgehead atoms. The molecule has 0 saturated carbocycles. The van der Waals surface area contributed by atoms with Gasteiger partial charge in [0.2, 0.25) is 0 Å². The van der Waals surface area contributed by atoms with E-state index in [1.165, 1.54) is 43.6 Å². The fraction of sp³-hybridized carbons (Fsp3) is 0.0952. The van der Waals surface area contributed by atoms with Gasteiger partial charge >= 0.3 is 0 Å². The van der Waals surface area contributed by atoms with E-state index in [0.717, 1.165) is 97.7 Å². The number of phenols is 2. The molecular weight excluding hydrogens is 1380 g/mol. The maximum Gasteiger partial charge on any atom is 0.126 e. The van der Waals surface area contributed by atoms with E-state index >= 15 is 0 Å². The number of nitrogens with zero attached hydrogens (tertiary/aromatic N) is 6. The zero-order chi connectivity index (χ0) is 64.2. The zero-order valence-electron chi connectivity index (χ0n) is 53.2. The topological polar surface area (TPSA) is 101 Å². The van der Waals surface area contributed by atoms with E-state index in [1.54, 1.807) is 47.2 Å². The number of hydrogen-bond acceptors (Lipinski definition) is 8. The standard InChI is InChI=1S/C42H33N3OS.C42H32N3OS.Pt/c2*1-42(2,3)29-21-22-38(46)28(23-29)26-43-35-18-10-7-17-33(35)41-44-40-34(27-13-5-4-6-14-27)24-30(25-39(40)47-41)45-36-19-11-8-15-31(36)32-16-9-12-20-37(32)45;/h4-26,46H,1-3H3;4-13,15-26,46H,1-3H3;/q;-1;. The summed E-state index contributed by atoms with van der Waals surface area (Å²) in [5.41, 5.74) is 20.1. The number of benzene rings is 12. The molecule has 16 aromatic rings. The van der Waals surface area contributed by atoms with Crippen LogP contribution >= 0.6 is 22.7 Å². The average molecular weight is 1450 g/mol. The first-order valence-electron chi connectivity index (χ1n) is 31.5. The van der Waals surface area contributed by atoms with Gasteiger partial charge in [0.05, 0.1) is 43.7 Å². The molecule has 16 rings (SSSR count). The SMILES string of the molecule is CC(C)(C)c1ccc(O)c(C=Nc2ccccc2-c2nc3c(-c4[c-]cccc4)cc(-n4c5ccccc5c5ccccc54)cc3s2)c1.CC(C)(C)c1ccc(O)c(C=Nc2ccccc2-c2nc3c(-c4ccccc4)cc(-n4c5ccccc5c5ccccc54)cc3s2)c1.[Pt]. The normalized spacial score (nSPS) is 12.0. The monoisotopic (exact) mass is 1450 g/mol. The summed E-state index contributed by atoms with van der Waals surface area (Å²) in [5, 5.41) is 28.0. The van der Waals surface area contributed by atoms with Gasteiger partial charge in [-0.15, -0.1) is 58.6 Å². The molecule has 11 heteroatoms. The minimum absolute atomic E-state index is 0. The summed E-state index contributed by atoms with van der Waals surface area (Å²) in [6.07, 6.45) is 3.51. The van der Waals surface area contributed by atoms with E-state index in [-0.39, 0.29) is 43.4 Å². The van der Waals surface area contributed by atoms with Crippen molar-refractivity contribution in [3.05, 3.63) is 289 Å². The molecule has 4 aromatic heterocycles. The Kier molecular flexibility index (Phi) is 16.7. The molecule has 2 N–H and O–H groups in total. The molecule has 0 aliphatic carbocycles. The number of hydrogen-bond donors (Lipinski definition) is 2. The first-order chi connectivity index (χ1) is 45.7. The number of phenolic OH excluding ortho intramolecular Hbond substituents is 2. The predicted octanol–water partition coefficient (Wildman–Crippen LogP) is 22.8. The Morgan fingerprint density at radius 3 is 1.22 bits per heavy atom. The molecule has 0 aliphatic rings. The number of aromatic nitrogens is 4. The van der Waals surface area contributed by atoms with Crippen LogP contribution in [-0.4, -0.2) is 41.7 Å². The fourth-order valence-corrected chi connectivity index (χ4v) is 14.7. The van der Waals surface area contributed by atoms with E-state index in [1.807, 2.05) is 84.9 Å². The Morgan fingerprint density at radius 1 is 0.400 bits per heavy atom. The second-order valence-electron chi connectivity index (χ2n) is 25.7. The summed E-state index contributed by atoms with van der Waals surface area (Å²) in [6.45, 7) is 13.0. The Hall–Kier alpha value is -10.4. The van der Waals surface area contributed by atoms with Crippen molar-refractivity contribution in [1.29, 1.82) is 0 Å². The van der Waals surface area contributed by atoms with Gasteiger partial charge in [0.15, 0.2) is 0 Å². The van der Waals surface area contributed by atoms with Gasteiger partial charge in [0.1, 0.15) is 21.5 Å². The maximum absolute atomic E-state index is 10.6. The van der Waals surface area contributed by atoms with E-state index in [4.69, 9.17) is 20.0 Å². The number of fused-ring (bicyclic) bond motifs is 8. The molecule has 0 atom stereocenters. The van der Waals surface area contributed by atoms with Gasteiger partial charge in [0, 0.05) is 104 Å². The minimum atomic E-state index is -0.0405. The molecule has 95 heavy (non-hydrogen) atoms. The van der Waals surface area contributed by atoms with Crippen LogP contribution in [0.3, 0.4) is 0 Å². The van der Waals surface area contributed by atoms with Crippen LogP contribution in [0.25, 0.3) is 119 Å². The van der Waals surface area contributed by atoms with Gasteiger partial charge in [-0.2, -0.15) is 0 Å². The largest absolute Gasteiger partial charge is 0.507 e. The molecule has 0 fully saturated rings. The molecule has 4 heterocycles. The first-order valence-corrected chi connectivity index (χ1v) is 33.2. The molecule has 466 valence electrons. The predicted molar refractivity (Wildman–Crippen MR) is 397 cm³/mol. The Morgan fingerprint density at radius 2 is 0.789 bits per heavy atom. The molecule has 8 nitrogen and oxygen atoms in total. The molecule has 12 aromatic carbocycles. The second kappa shape index (κ2) is 25.5. The van der Waals surface area contributed by atoms with Crippen LogP contribution in [0.15, 0.2) is 271 Å². The molecule has 0 saturated heterocycles. The Balaban J connectivity index is 0.000000162. The van der Waals surface area contributed by atoms with Crippen molar-refractivity contribution in [2.24, 2.45) is 9.98 Å². The number of aliphatic imine (C=N–C) groups is 2. The fourth-order valence-electron chi connectivity index (χ4n) is 12.6. The maximum atomic E-state index is 10.6. The summed E-state index contributed by atoms with van der Waals surface area (Å²) in [7, 11) is 0. The zero-order valence-corrected chi connectivity index (χ0v) is 57.1. The van der Waals surface area contributed by atoms with Gasteiger partial charge in [-0.1, -0.05) is 193 Å². The molecule has 0 aliphatic heterocycles. The minimum Gasteiger partial charge on any atom is -0.507 e. The van der Waals surface area contributed by atoms with E-state index in [0.29, 0.717) is 11.1 Å². The molecule has 0 spiro atoms. The molecule has 0 unspecified atom stereocenters. The smallest absolute Gasteiger partial charge is 0.126 e. The van der Waals surface area contributed by atoms with Crippen molar-refractivity contribution in [3.8, 4) is 66.3 Å². The summed E-state index contributed by atoms with van der Waals surface area (Å²) in [4.78, 5) is 20.3. The van der Waals surface area contributed by atoms with Crippen molar-refractivity contribution >= 4 is 111 Å². The van der Waals surface area contributed by atoms with Crippen LogP contribution in [0, 0.1) is 6.07 Å². The summed E-state index contributed by atoms with van der Waals surface area (Å²) < 4.78 is 6.91. The van der Waals surface area contributed by atoms with Crippen LogP contribution in [0.5, 0.6) is 11.5 Å². The second-order valence-corrected chi connectivity index (χ2v) is 27.8. The average Bonchev–Trinajstić information content (AvgIpc) is 1.60. The third-order valence-corrected chi connectivity index (χ3v) is 19.5. The number of para-hydroxylation sites is 6. The number of aromatic hydroxyl groups is 2. The van der Waals surface area contributed by atoms with Gasteiger partial charge in [-0.05, 0) is 119 Å². The Bertz CT molecular complexity index is 5180. The van der Waals surface area contributed by atoms with Gasteiger partial charge < -0.3 is 19.3 Å². The summed E-state index contributed by atoms with van der Waals surface area (Å²) >= 11 is 3.34. The van der Waals surface area contributed by atoms with Crippen LogP contribution in [0.1, 0.15) is 63.8 Å². The van der Waals surface area contributed by atoms with Gasteiger partial charge in [-0.3, -0.25) is 9.98 Å². The number of thiazole rings is 2. The third kappa shape index (κ3) is 12.0.